The molecule has 2 aliphatic heterocycles. The van der Waals surface area contributed by atoms with Gasteiger partial charge in [-0.25, -0.2) is 4.98 Å². The van der Waals surface area contributed by atoms with Gasteiger partial charge in [0, 0.05) is 23.7 Å². The van der Waals surface area contributed by atoms with E-state index >= 15 is 0 Å². The summed E-state index contributed by atoms with van der Waals surface area (Å²) in [4.78, 5) is 30.9. The van der Waals surface area contributed by atoms with E-state index in [1.807, 2.05) is 6.07 Å². The zero-order valence-corrected chi connectivity index (χ0v) is 16.6. The summed E-state index contributed by atoms with van der Waals surface area (Å²) < 4.78 is 10.9. The van der Waals surface area contributed by atoms with E-state index in [-0.39, 0.29) is 17.7 Å². The van der Waals surface area contributed by atoms with Gasteiger partial charge in [0.05, 0.1) is 7.11 Å². The number of hydrogen-bond acceptors (Lipinski definition) is 8. The lowest BCUT2D eigenvalue weighted by Crippen LogP contribution is -2.54. The molecule has 1 aromatic carbocycles. The third-order valence-electron chi connectivity index (χ3n) is 5.46. The van der Waals surface area contributed by atoms with Gasteiger partial charge in [-0.15, -0.1) is 10.2 Å². The molecule has 2 aliphatic rings. The molecular formula is C21H19N5O5. The van der Waals surface area contributed by atoms with Gasteiger partial charge in [0.15, 0.2) is 0 Å². The maximum atomic E-state index is 12.8. The van der Waals surface area contributed by atoms with E-state index in [4.69, 9.17) is 9.15 Å². The Labute approximate surface area is 176 Å². The van der Waals surface area contributed by atoms with Gasteiger partial charge >= 0.3 is 0 Å². The van der Waals surface area contributed by atoms with Crippen molar-refractivity contribution in [2.24, 2.45) is 0 Å². The summed E-state index contributed by atoms with van der Waals surface area (Å²) in [6, 6.07) is 9.90. The average molecular weight is 421 g/mol. The van der Waals surface area contributed by atoms with Gasteiger partial charge in [-0.2, -0.15) is 0 Å². The Bertz CT molecular complexity index is 1180. The van der Waals surface area contributed by atoms with Crippen LogP contribution in [0.3, 0.4) is 0 Å². The second kappa shape index (κ2) is 7.47. The van der Waals surface area contributed by atoms with Gasteiger partial charge in [0.1, 0.15) is 18.0 Å². The number of carbonyl (C=O) groups excluding carboxylic acids is 2. The van der Waals surface area contributed by atoms with E-state index in [0.29, 0.717) is 48.0 Å². The molecular weight excluding hydrogens is 402 g/mol. The molecule has 2 N–H and O–H groups in total. The maximum Gasteiger partial charge on any atom is 0.266 e. The van der Waals surface area contributed by atoms with Crippen LogP contribution >= 0.6 is 0 Å². The van der Waals surface area contributed by atoms with Crippen molar-refractivity contribution in [1.29, 1.82) is 0 Å². The minimum absolute atomic E-state index is 0.204. The van der Waals surface area contributed by atoms with Crippen LogP contribution in [-0.4, -0.2) is 56.4 Å². The van der Waals surface area contributed by atoms with Crippen LogP contribution < -0.4 is 10.1 Å². The molecule has 1 fully saturated rings. The van der Waals surface area contributed by atoms with Crippen LogP contribution in [0.4, 0.5) is 0 Å². The Morgan fingerprint density at radius 3 is 2.81 bits per heavy atom. The van der Waals surface area contributed by atoms with E-state index in [1.54, 1.807) is 30.3 Å². The summed E-state index contributed by atoms with van der Waals surface area (Å²) in [5.41, 5.74) is 2.47. The first-order valence-corrected chi connectivity index (χ1v) is 9.81. The molecule has 158 valence electrons. The quantitative estimate of drug-likeness (QED) is 0.646. The number of nitrogens with one attached hydrogen (secondary N) is 1. The van der Waals surface area contributed by atoms with E-state index < -0.39 is 12.3 Å². The van der Waals surface area contributed by atoms with Gasteiger partial charge < -0.3 is 24.5 Å². The summed E-state index contributed by atoms with van der Waals surface area (Å²) >= 11 is 0. The van der Waals surface area contributed by atoms with E-state index in [0.717, 1.165) is 5.56 Å². The van der Waals surface area contributed by atoms with Crippen LogP contribution in [0, 0.1) is 0 Å². The fourth-order valence-electron chi connectivity index (χ4n) is 3.90. The van der Waals surface area contributed by atoms with Crippen LogP contribution in [-0.2, 0) is 11.3 Å². The molecule has 0 aliphatic carbocycles. The maximum absolute atomic E-state index is 12.8. The molecule has 3 aromatic rings. The number of aliphatic hydroxyl groups is 1. The molecule has 2 aromatic heterocycles. The lowest BCUT2D eigenvalue weighted by molar-refractivity contribution is -0.132. The number of hydrogen-bond donors (Lipinski definition) is 2. The smallest absolute Gasteiger partial charge is 0.266 e. The molecule has 31 heavy (non-hydrogen) atoms. The lowest BCUT2D eigenvalue weighted by atomic mass is 10.0. The molecule has 10 heteroatoms. The van der Waals surface area contributed by atoms with Gasteiger partial charge in [-0.05, 0) is 42.7 Å². The SMILES string of the molecule is COc1cccc(-c2nnc(-c3ccc4c(c3)CN(C3CCC(O)NC3=O)C4=O)o2)n1. The van der Waals surface area contributed by atoms with Crippen LogP contribution in [0.1, 0.15) is 28.8 Å². The number of ether oxygens (including phenoxy) is 1. The monoisotopic (exact) mass is 421 g/mol. The second-order valence-corrected chi connectivity index (χ2v) is 7.40. The molecule has 4 heterocycles. The predicted molar refractivity (Wildman–Crippen MR) is 107 cm³/mol. The highest BCUT2D eigenvalue weighted by atomic mass is 16.5. The van der Waals surface area contributed by atoms with Crippen molar-refractivity contribution in [3.63, 3.8) is 0 Å². The summed E-state index contributed by atoms with van der Waals surface area (Å²) in [6.45, 7) is 0.300. The highest BCUT2D eigenvalue weighted by molar-refractivity contribution is 6.01. The first-order valence-electron chi connectivity index (χ1n) is 9.81. The van der Waals surface area contributed by atoms with Crippen molar-refractivity contribution in [3.05, 3.63) is 47.5 Å². The van der Waals surface area contributed by atoms with Crippen LogP contribution in [0.2, 0.25) is 0 Å². The zero-order valence-electron chi connectivity index (χ0n) is 16.6. The Kier molecular flexibility index (Phi) is 4.63. The number of amides is 2. The largest absolute Gasteiger partial charge is 0.481 e. The van der Waals surface area contributed by atoms with Gasteiger partial charge in [-0.1, -0.05) is 6.07 Å². The minimum Gasteiger partial charge on any atom is -0.481 e. The normalized spacial score (nSPS) is 20.5. The molecule has 5 rings (SSSR count). The first kappa shape index (κ1) is 19.2. The van der Waals surface area contributed by atoms with Crippen molar-refractivity contribution in [2.75, 3.05) is 7.11 Å². The van der Waals surface area contributed by atoms with Gasteiger partial charge in [0.25, 0.3) is 11.8 Å². The summed E-state index contributed by atoms with van der Waals surface area (Å²) in [7, 11) is 1.53. The van der Waals surface area contributed by atoms with Gasteiger partial charge in [0.2, 0.25) is 17.7 Å². The number of methoxy groups -OCH3 is 1. The molecule has 0 saturated carbocycles. The molecule has 2 atom stereocenters. The number of nitrogens with zero attached hydrogens (tertiary/aromatic N) is 4. The van der Waals surface area contributed by atoms with Crippen molar-refractivity contribution in [2.45, 2.75) is 31.7 Å². The van der Waals surface area contributed by atoms with Gasteiger partial charge in [-0.3, -0.25) is 9.59 Å². The van der Waals surface area contributed by atoms with Crippen molar-refractivity contribution >= 4 is 11.8 Å². The number of aliphatic hydroxyl groups excluding tert-OH is 1. The topological polar surface area (TPSA) is 131 Å². The van der Waals surface area contributed by atoms with Crippen molar-refractivity contribution in [1.82, 2.24) is 25.4 Å². The Hall–Kier alpha value is -3.79. The first-order chi connectivity index (χ1) is 15.0. The third-order valence-corrected chi connectivity index (χ3v) is 5.46. The highest BCUT2D eigenvalue weighted by Gasteiger charge is 2.39. The number of rotatable bonds is 4. The number of benzene rings is 1. The second-order valence-electron chi connectivity index (χ2n) is 7.40. The Balaban J connectivity index is 1.40. The Morgan fingerprint density at radius 2 is 2.00 bits per heavy atom. The summed E-state index contributed by atoms with van der Waals surface area (Å²) in [5, 5.41) is 20.2. The molecule has 0 radical (unpaired) electrons. The van der Waals surface area contributed by atoms with Crippen molar-refractivity contribution < 1.29 is 23.8 Å². The fraction of sp³-hybridized carbons (Fsp3) is 0.286. The molecule has 0 bridgehead atoms. The highest BCUT2D eigenvalue weighted by Crippen LogP contribution is 2.32. The average Bonchev–Trinajstić information content (AvgIpc) is 3.39. The van der Waals surface area contributed by atoms with Crippen LogP contribution in [0.25, 0.3) is 23.0 Å². The number of fused-ring (bicyclic) bond motifs is 1. The summed E-state index contributed by atoms with van der Waals surface area (Å²) in [6.07, 6.45) is -0.0356. The van der Waals surface area contributed by atoms with E-state index in [9.17, 15) is 14.7 Å². The van der Waals surface area contributed by atoms with E-state index in [2.05, 4.69) is 20.5 Å². The summed E-state index contributed by atoms with van der Waals surface area (Å²) in [5.74, 6) is 0.446. The molecule has 0 spiro atoms. The number of piperidine rings is 1. The minimum atomic E-state index is -0.860. The van der Waals surface area contributed by atoms with Crippen molar-refractivity contribution in [3.8, 4) is 28.9 Å². The standard InChI is InChI=1S/C21H19N5O5/c1-30-17-4-2-3-14(22-17)20-25-24-19(31-20)11-5-6-13-12(9-11)10-26(21(13)29)15-7-8-16(27)23-18(15)28/h2-6,9,15-16,27H,7-8,10H2,1H3,(H,23,28). The molecule has 1 saturated heterocycles. The number of pyridine rings is 1. The van der Waals surface area contributed by atoms with Crippen LogP contribution in [0.5, 0.6) is 5.88 Å². The molecule has 2 amide bonds. The zero-order chi connectivity index (χ0) is 21.5. The molecule has 2 unspecified atom stereocenters. The predicted octanol–water partition coefficient (Wildman–Crippen LogP) is 1.36. The lowest BCUT2D eigenvalue weighted by Gasteiger charge is -2.32. The Morgan fingerprint density at radius 1 is 1.16 bits per heavy atom. The number of aromatic nitrogens is 3. The van der Waals surface area contributed by atoms with Crippen LogP contribution in [0.15, 0.2) is 40.8 Å². The van der Waals surface area contributed by atoms with E-state index in [1.165, 1.54) is 12.0 Å². The number of carbonyl (C=O) groups is 2. The third kappa shape index (κ3) is 3.40. The fourth-order valence-corrected chi connectivity index (χ4v) is 3.90. The molecule has 10 nitrogen and oxygen atoms in total.